The summed E-state index contributed by atoms with van der Waals surface area (Å²) in [6, 6.07) is 3.52. The first-order valence-electron chi connectivity index (χ1n) is 7.68. The molecule has 1 aliphatic carbocycles. The number of rotatable bonds is 5. The van der Waals surface area contributed by atoms with Gasteiger partial charge in [-0.15, -0.1) is 0 Å². The fourth-order valence-electron chi connectivity index (χ4n) is 2.80. The largest absolute Gasteiger partial charge is 0.396 e. The fraction of sp³-hybridized carbons (Fsp3) is 0.562. The van der Waals surface area contributed by atoms with Gasteiger partial charge in [-0.25, -0.2) is 13.6 Å². The minimum Gasteiger partial charge on any atom is -0.396 e. The number of urea groups is 1. The molecule has 0 aromatic heterocycles. The highest BCUT2D eigenvalue weighted by molar-refractivity contribution is 5.74. The summed E-state index contributed by atoms with van der Waals surface area (Å²) in [5, 5.41) is 14.6. The molecule has 6 heteroatoms. The number of hydrogen-bond donors (Lipinski definition) is 3. The lowest BCUT2D eigenvalue weighted by Gasteiger charge is -2.27. The van der Waals surface area contributed by atoms with Crippen LogP contribution in [0.1, 0.15) is 31.2 Å². The Kier molecular flexibility index (Phi) is 6.12. The van der Waals surface area contributed by atoms with Gasteiger partial charge in [-0.3, -0.25) is 0 Å². The Hall–Kier alpha value is -1.69. The summed E-state index contributed by atoms with van der Waals surface area (Å²) in [5.74, 6) is -0.848. The van der Waals surface area contributed by atoms with E-state index < -0.39 is 11.6 Å². The van der Waals surface area contributed by atoms with Gasteiger partial charge < -0.3 is 15.7 Å². The van der Waals surface area contributed by atoms with E-state index in [1.165, 1.54) is 18.2 Å². The second kappa shape index (κ2) is 8.08. The van der Waals surface area contributed by atoms with Gasteiger partial charge in [0.15, 0.2) is 0 Å². The monoisotopic (exact) mass is 312 g/mol. The summed E-state index contributed by atoms with van der Waals surface area (Å²) >= 11 is 0. The molecule has 1 fully saturated rings. The molecule has 0 heterocycles. The predicted octanol–water partition coefficient (Wildman–Crippen LogP) is 2.36. The third-order valence-electron chi connectivity index (χ3n) is 4.16. The molecule has 2 rings (SSSR count). The van der Waals surface area contributed by atoms with Crippen LogP contribution in [0.15, 0.2) is 18.2 Å². The molecule has 0 saturated heterocycles. The van der Waals surface area contributed by atoms with Crippen LogP contribution in [0.25, 0.3) is 0 Å². The van der Waals surface area contributed by atoms with Gasteiger partial charge in [0, 0.05) is 24.8 Å². The van der Waals surface area contributed by atoms with Gasteiger partial charge in [-0.05, 0) is 50.2 Å². The zero-order valence-corrected chi connectivity index (χ0v) is 12.4. The first kappa shape index (κ1) is 16.7. The molecule has 0 spiro atoms. The van der Waals surface area contributed by atoms with Crippen molar-refractivity contribution in [2.45, 2.75) is 38.1 Å². The Bertz CT molecular complexity index is 483. The standard InChI is InChI=1S/C16H22F2N2O2/c17-14-2-1-3-15(18)13(14)8-9-19-16(22)20-12-6-4-11(10-21)5-7-12/h1-3,11-12,21H,4-10H2,(H2,19,20,22). The highest BCUT2D eigenvalue weighted by Crippen LogP contribution is 2.23. The van der Waals surface area contributed by atoms with E-state index in [4.69, 9.17) is 5.11 Å². The highest BCUT2D eigenvalue weighted by atomic mass is 19.1. The van der Waals surface area contributed by atoms with Crippen molar-refractivity contribution in [1.82, 2.24) is 10.6 Å². The summed E-state index contributed by atoms with van der Waals surface area (Å²) in [4.78, 5) is 11.8. The third-order valence-corrected chi connectivity index (χ3v) is 4.16. The number of carbonyl (C=O) groups is 1. The van der Waals surface area contributed by atoms with E-state index in [1.54, 1.807) is 0 Å². The Morgan fingerprint density at radius 2 is 1.82 bits per heavy atom. The van der Waals surface area contributed by atoms with Gasteiger partial charge >= 0.3 is 6.03 Å². The van der Waals surface area contributed by atoms with E-state index in [-0.39, 0.29) is 37.2 Å². The molecule has 0 bridgehead atoms. The predicted molar refractivity (Wildman–Crippen MR) is 79.4 cm³/mol. The quantitative estimate of drug-likeness (QED) is 0.781. The zero-order valence-electron chi connectivity index (χ0n) is 12.4. The fourth-order valence-corrected chi connectivity index (χ4v) is 2.80. The van der Waals surface area contributed by atoms with Crippen molar-refractivity contribution in [3.63, 3.8) is 0 Å². The van der Waals surface area contributed by atoms with Crippen LogP contribution in [0.5, 0.6) is 0 Å². The highest BCUT2D eigenvalue weighted by Gasteiger charge is 2.21. The average Bonchev–Trinajstić information content (AvgIpc) is 2.51. The molecule has 1 saturated carbocycles. The first-order chi connectivity index (χ1) is 10.6. The lowest BCUT2D eigenvalue weighted by molar-refractivity contribution is 0.174. The van der Waals surface area contributed by atoms with Crippen LogP contribution < -0.4 is 10.6 Å². The van der Waals surface area contributed by atoms with Crippen molar-refractivity contribution in [3.8, 4) is 0 Å². The smallest absolute Gasteiger partial charge is 0.315 e. The molecule has 3 N–H and O–H groups in total. The number of aliphatic hydroxyl groups is 1. The summed E-state index contributed by atoms with van der Waals surface area (Å²) in [5.41, 5.74) is -0.00810. The molecule has 1 aromatic rings. The number of hydrogen-bond acceptors (Lipinski definition) is 2. The van der Waals surface area contributed by atoms with E-state index in [9.17, 15) is 13.6 Å². The van der Waals surface area contributed by atoms with Crippen molar-refractivity contribution in [1.29, 1.82) is 0 Å². The van der Waals surface area contributed by atoms with Crippen molar-refractivity contribution in [3.05, 3.63) is 35.4 Å². The average molecular weight is 312 g/mol. The van der Waals surface area contributed by atoms with Gasteiger partial charge in [0.25, 0.3) is 0 Å². The normalized spacial score (nSPS) is 21.4. The minimum atomic E-state index is -0.593. The van der Waals surface area contributed by atoms with Gasteiger partial charge in [0.1, 0.15) is 11.6 Å². The molecule has 0 unspecified atom stereocenters. The van der Waals surface area contributed by atoms with Gasteiger partial charge in [-0.1, -0.05) is 6.07 Å². The van der Waals surface area contributed by atoms with Crippen LogP contribution in [0.4, 0.5) is 13.6 Å². The van der Waals surface area contributed by atoms with E-state index in [0.717, 1.165) is 25.7 Å². The van der Waals surface area contributed by atoms with E-state index >= 15 is 0 Å². The topological polar surface area (TPSA) is 61.4 Å². The molecule has 2 amide bonds. The van der Waals surface area contributed by atoms with Crippen molar-refractivity contribution >= 4 is 6.03 Å². The van der Waals surface area contributed by atoms with Crippen LogP contribution in [-0.4, -0.2) is 30.3 Å². The van der Waals surface area contributed by atoms with E-state index in [2.05, 4.69) is 10.6 Å². The van der Waals surface area contributed by atoms with Crippen molar-refractivity contribution in [2.75, 3.05) is 13.2 Å². The second-order valence-corrected chi connectivity index (χ2v) is 5.75. The maximum absolute atomic E-state index is 13.4. The number of aliphatic hydroxyl groups excluding tert-OH is 1. The maximum atomic E-state index is 13.4. The molecular formula is C16H22F2N2O2. The van der Waals surface area contributed by atoms with Gasteiger partial charge in [0.05, 0.1) is 0 Å². The van der Waals surface area contributed by atoms with Crippen LogP contribution in [-0.2, 0) is 6.42 Å². The maximum Gasteiger partial charge on any atom is 0.315 e. The molecule has 22 heavy (non-hydrogen) atoms. The number of nitrogens with one attached hydrogen (secondary N) is 2. The van der Waals surface area contributed by atoms with Crippen LogP contribution >= 0.6 is 0 Å². The second-order valence-electron chi connectivity index (χ2n) is 5.75. The molecule has 1 aromatic carbocycles. The minimum absolute atomic E-state index is 0.00810. The molecule has 0 aliphatic heterocycles. The zero-order chi connectivity index (χ0) is 15.9. The molecule has 4 nitrogen and oxygen atoms in total. The molecule has 0 radical (unpaired) electrons. The Labute approximate surface area is 128 Å². The van der Waals surface area contributed by atoms with Crippen molar-refractivity contribution < 1.29 is 18.7 Å². The first-order valence-corrected chi connectivity index (χ1v) is 7.68. The van der Waals surface area contributed by atoms with E-state index in [1.807, 2.05) is 0 Å². The summed E-state index contributed by atoms with van der Waals surface area (Å²) < 4.78 is 26.9. The van der Waals surface area contributed by atoms with Crippen LogP contribution in [0, 0.1) is 17.6 Å². The lowest BCUT2D eigenvalue weighted by atomic mass is 9.87. The number of carbonyl (C=O) groups excluding carboxylic acids is 1. The summed E-state index contributed by atoms with van der Waals surface area (Å²) in [6.45, 7) is 0.378. The third kappa shape index (κ3) is 4.66. The van der Waals surface area contributed by atoms with E-state index in [0.29, 0.717) is 5.92 Å². The Morgan fingerprint density at radius 3 is 2.41 bits per heavy atom. The molecule has 1 aliphatic rings. The molecule has 122 valence electrons. The number of benzene rings is 1. The Balaban J connectivity index is 1.70. The number of amides is 2. The summed E-state index contributed by atoms with van der Waals surface area (Å²) in [7, 11) is 0. The van der Waals surface area contributed by atoms with Crippen molar-refractivity contribution in [2.24, 2.45) is 5.92 Å². The Morgan fingerprint density at radius 1 is 1.18 bits per heavy atom. The summed E-state index contributed by atoms with van der Waals surface area (Å²) in [6.07, 6.45) is 3.62. The molecule has 0 atom stereocenters. The SMILES string of the molecule is O=C(NCCc1c(F)cccc1F)NC1CCC(CO)CC1. The van der Waals surface area contributed by atoms with Crippen LogP contribution in [0.2, 0.25) is 0 Å². The lowest BCUT2D eigenvalue weighted by Crippen LogP contribution is -2.44. The van der Waals surface area contributed by atoms with Crippen LogP contribution in [0.3, 0.4) is 0 Å². The van der Waals surface area contributed by atoms with Gasteiger partial charge in [0.2, 0.25) is 0 Å². The van der Waals surface area contributed by atoms with Gasteiger partial charge in [-0.2, -0.15) is 0 Å². The molecular weight excluding hydrogens is 290 g/mol. The number of halogens is 2.